The molecule has 0 radical (unpaired) electrons. The SMILES string of the molecule is Cc1ccc(-c2oc3ccccc3c(=O)c2OC(=O)c2ccc(Cl)cc2)cc1. The van der Waals surface area contributed by atoms with Crippen LogP contribution in [0.25, 0.3) is 22.3 Å². The van der Waals surface area contributed by atoms with Crippen LogP contribution in [0.2, 0.25) is 5.02 Å². The maximum Gasteiger partial charge on any atom is 0.343 e. The normalized spacial score (nSPS) is 10.8. The van der Waals surface area contributed by atoms with E-state index in [-0.39, 0.29) is 17.1 Å². The van der Waals surface area contributed by atoms with Crippen LogP contribution in [-0.4, -0.2) is 5.97 Å². The fourth-order valence-electron chi connectivity index (χ4n) is 2.85. The number of benzene rings is 3. The quantitative estimate of drug-likeness (QED) is 0.425. The van der Waals surface area contributed by atoms with E-state index in [4.69, 9.17) is 20.8 Å². The van der Waals surface area contributed by atoms with Crippen molar-refractivity contribution in [3.8, 4) is 17.1 Å². The molecule has 0 saturated heterocycles. The van der Waals surface area contributed by atoms with Crippen molar-refractivity contribution < 1.29 is 13.9 Å². The van der Waals surface area contributed by atoms with Gasteiger partial charge in [-0.05, 0) is 43.3 Å². The van der Waals surface area contributed by atoms with Crippen LogP contribution in [0.4, 0.5) is 0 Å². The first-order valence-corrected chi connectivity index (χ1v) is 9.01. The van der Waals surface area contributed by atoms with Crippen molar-refractivity contribution in [2.24, 2.45) is 0 Å². The zero-order valence-corrected chi connectivity index (χ0v) is 15.7. The largest absolute Gasteiger partial charge is 0.452 e. The molecule has 0 spiro atoms. The van der Waals surface area contributed by atoms with Crippen molar-refractivity contribution in [3.05, 3.63) is 99.2 Å². The second-order valence-electron chi connectivity index (χ2n) is 6.35. The standard InChI is InChI=1S/C23H15ClO4/c1-14-6-8-15(9-7-14)21-22(20(25)18-4-2-3-5-19(18)27-21)28-23(26)16-10-12-17(24)13-11-16/h2-13H,1H3. The lowest BCUT2D eigenvalue weighted by Crippen LogP contribution is -2.16. The number of fused-ring (bicyclic) bond motifs is 1. The van der Waals surface area contributed by atoms with Gasteiger partial charge < -0.3 is 9.15 Å². The molecule has 0 unspecified atom stereocenters. The molecule has 4 nitrogen and oxygen atoms in total. The van der Waals surface area contributed by atoms with E-state index in [9.17, 15) is 9.59 Å². The minimum absolute atomic E-state index is 0.137. The molecule has 0 aliphatic heterocycles. The predicted molar refractivity (Wildman–Crippen MR) is 109 cm³/mol. The van der Waals surface area contributed by atoms with Gasteiger partial charge in [0, 0.05) is 10.6 Å². The Morgan fingerprint density at radius 3 is 2.32 bits per heavy atom. The minimum Gasteiger partial charge on any atom is -0.452 e. The van der Waals surface area contributed by atoms with Crippen LogP contribution in [0.5, 0.6) is 5.75 Å². The molecular weight excluding hydrogens is 376 g/mol. The Hall–Kier alpha value is -3.37. The summed E-state index contributed by atoms with van der Waals surface area (Å²) < 4.78 is 11.5. The van der Waals surface area contributed by atoms with E-state index < -0.39 is 11.4 Å². The summed E-state index contributed by atoms with van der Waals surface area (Å²) in [5.41, 5.74) is 2.01. The van der Waals surface area contributed by atoms with E-state index in [1.165, 1.54) is 0 Å². The number of hydrogen-bond donors (Lipinski definition) is 0. The molecule has 4 rings (SSSR count). The molecule has 0 aliphatic carbocycles. The first-order valence-electron chi connectivity index (χ1n) is 8.63. The van der Waals surface area contributed by atoms with Crippen molar-refractivity contribution >= 4 is 28.5 Å². The summed E-state index contributed by atoms with van der Waals surface area (Å²) in [4.78, 5) is 25.7. The van der Waals surface area contributed by atoms with Crippen molar-refractivity contribution in [1.82, 2.24) is 0 Å². The third-order valence-electron chi connectivity index (χ3n) is 4.34. The maximum atomic E-state index is 13.1. The molecule has 0 amide bonds. The lowest BCUT2D eigenvalue weighted by atomic mass is 10.1. The molecule has 1 heterocycles. The number of para-hydroxylation sites is 1. The number of esters is 1. The summed E-state index contributed by atoms with van der Waals surface area (Å²) >= 11 is 5.87. The van der Waals surface area contributed by atoms with E-state index in [0.717, 1.165) is 5.56 Å². The Balaban J connectivity index is 1.87. The van der Waals surface area contributed by atoms with Gasteiger partial charge in [0.25, 0.3) is 0 Å². The molecule has 4 aromatic rings. The summed E-state index contributed by atoms with van der Waals surface area (Å²) in [6.45, 7) is 1.96. The zero-order chi connectivity index (χ0) is 19.7. The lowest BCUT2D eigenvalue weighted by Gasteiger charge is -2.11. The second kappa shape index (κ2) is 7.33. The van der Waals surface area contributed by atoms with Gasteiger partial charge in [-0.2, -0.15) is 0 Å². The second-order valence-corrected chi connectivity index (χ2v) is 6.78. The fourth-order valence-corrected chi connectivity index (χ4v) is 2.98. The Morgan fingerprint density at radius 2 is 1.61 bits per heavy atom. The first kappa shape index (κ1) is 18.0. The molecule has 138 valence electrons. The number of carbonyl (C=O) groups excluding carboxylic acids is 1. The smallest absolute Gasteiger partial charge is 0.343 e. The Kier molecular flexibility index (Phi) is 4.72. The molecule has 0 aliphatic rings. The summed E-state index contributed by atoms with van der Waals surface area (Å²) in [6.07, 6.45) is 0. The summed E-state index contributed by atoms with van der Waals surface area (Å²) in [6, 6.07) is 20.5. The molecule has 0 fully saturated rings. The highest BCUT2D eigenvalue weighted by atomic mass is 35.5. The van der Waals surface area contributed by atoms with Crippen LogP contribution in [0.15, 0.2) is 82.0 Å². The first-order chi connectivity index (χ1) is 13.5. The van der Waals surface area contributed by atoms with Gasteiger partial charge in [0.05, 0.1) is 10.9 Å². The number of ether oxygens (including phenoxy) is 1. The van der Waals surface area contributed by atoms with Crippen LogP contribution in [0.3, 0.4) is 0 Å². The Morgan fingerprint density at radius 1 is 0.929 bits per heavy atom. The van der Waals surface area contributed by atoms with Gasteiger partial charge in [0.15, 0.2) is 5.76 Å². The lowest BCUT2D eigenvalue weighted by molar-refractivity contribution is 0.0731. The van der Waals surface area contributed by atoms with Crippen molar-refractivity contribution in [1.29, 1.82) is 0 Å². The Bertz CT molecular complexity index is 1220. The van der Waals surface area contributed by atoms with Crippen molar-refractivity contribution in [2.75, 3.05) is 0 Å². The average Bonchev–Trinajstić information content (AvgIpc) is 2.71. The van der Waals surface area contributed by atoms with Gasteiger partial charge in [-0.1, -0.05) is 53.6 Å². The van der Waals surface area contributed by atoms with E-state index in [1.807, 2.05) is 31.2 Å². The van der Waals surface area contributed by atoms with Gasteiger partial charge in [0.1, 0.15) is 5.58 Å². The fraction of sp³-hybridized carbons (Fsp3) is 0.0435. The third kappa shape index (κ3) is 3.42. The summed E-state index contributed by atoms with van der Waals surface area (Å²) in [5.74, 6) is -0.582. The van der Waals surface area contributed by atoms with Crippen LogP contribution in [0.1, 0.15) is 15.9 Å². The van der Waals surface area contributed by atoms with Crippen LogP contribution < -0.4 is 10.2 Å². The third-order valence-corrected chi connectivity index (χ3v) is 4.60. The van der Waals surface area contributed by atoms with Crippen molar-refractivity contribution in [3.63, 3.8) is 0 Å². The molecule has 0 saturated carbocycles. The topological polar surface area (TPSA) is 56.5 Å². The minimum atomic E-state index is -0.660. The number of carbonyl (C=O) groups is 1. The van der Waals surface area contributed by atoms with E-state index in [2.05, 4.69) is 0 Å². The number of rotatable bonds is 3. The molecule has 5 heteroatoms. The summed E-state index contributed by atoms with van der Waals surface area (Å²) in [5, 5.41) is 0.847. The molecule has 28 heavy (non-hydrogen) atoms. The van der Waals surface area contributed by atoms with Gasteiger partial charge >= 0.3 is 5.97 Å². The van der Waals surface area contributed by atoms with E-state index in [0.29, 0.717) is 21.6 Å². The predicted octanol–water partition coefficient (Wildman–Crippen LogP) is 5.64. The van der Waals surface area contributed by atoms with Crippen LogP contribution >= 0.6 is 11.6 Å². The highest BCUT2D eigenvalue weighted by molar-refractivity contribution is 6.30. The molecule has 3 aromatic carbocycles. The highest BCUT2D eigenvalue weighted by Gasteiger charge is 2.21. The molecule has 0 atom stereocenters. The number of aryl methyl sites for hydroxylation is 1. The molecular formula is C23H15ClO4. The van der Waals surface area contributed by atoms with Crippen LogP contribution in [-0.2, 0) is 0 Å². The van der Waals surface area contributed by atoms with Gasteiger partial charge in [-0.3, -0.25) is 4.79 Å². The molecule has 0 bridgehead atoms. The van der Waals surface area contributed by atoms with Gasteiger partial charge in [-0.25, -0.2) is 4.79 Å². The van der Waals surface area contributed by atoms with E-state index >= 15 is 0 Å². The van der Waals surface area contributed by atoms with E-state index in [1.54, 1.807) is 48.5 Å². The van der Waals surface area contributed by atoms with Gasteiger partial charge in [0.2, 0.25) is 11.2 Å². The number of hydrogen-bond acceptors (Lipinski definition) is 4. The zero-order valence-electron chi connectivity index (χ0n) is 14.9. The monoisotopic (exact) mass is 390 g/mol. The highest BCUT2D eigenvalue weighted by Crippen LogP contribution is 2.31. The molecule has 0 N–H and O–H groups in total. The molecule has 1 aromatic heterocycles. The Labute approximate surface area is 166 Å². The van der Waals surface area contributed by atoms with Gasteiger partial charge in [-0.15, -0.1) is 0 Å². The van der Waals surface area contributed by atoms with Crippen LogP contribution in [0, 0.1) is 6.92 Å². The average molecular weight is 391 g/mol. The summed E-state index contributed by atoms with van der Waals surface area (Å²) in [7, 11) is 0. The maximum absolute atomic E-state index is 13.1. The number of halogens is 1. The van der Waals surface area contributed by atoms with Crippen molar-refractivity contribution in [2.45, 2.75) is 6.92 Å².